The summed E-state index contributed by atoms with van der Waals surface area (Å²) < 4.78 is 7.09. The third kappa shape index (κ3) is 6.33. The lowest BCUT2D eigenvalue weighted by Gasteiger charge is -2.52. The van der Waals surface area contributed by atoms with Gasteiger partial charge in [-0.2, -0.15) is 10.2 Å². The van der Waals surface area contributed by atoms with E-state index in [9.17, 15) is 9.59 Å². The van der Waals surface area contributed by atoms with E-state index < -0.39 is 11.9 Å². The van der Waals surface area contributed by atoms with Crippen molar-refractivity contribution in [2.75, 3.05) is 31.5 Å². The molecule has 2 aromatic rings. The Morgan fingerprint density at radius 3 is 2.35 bits per heavy atom. The van der Waals surface area contributed by atoms with Gasteiger partial charge in [-0.15, -0.1) is 0 Å². The number of carboxylic acid groups (broad SMARTS) is 1. The zero-order valence-corrected chi connectivity index (χ0v) is 21.2. The Morgan fingerprint density at radius 2 is 1.73 bits per heavy atom. The van der Waals surface area contributed by atoms with Crippen LogP contribution in [0.5, 0.6) is 0 Å². The van der Waals surface area contributed by atoms with Gasteiger partial charge in [0.15, 0.2) is 12.6 Å². The average Bonchev–Trinajstić information content (AvgIpc) is 3.18. The highest BCUT2D eigenvalue weighted by molar-refractivity contribution is 5.91. The van der Waals surface area contributed by atoms with E-state index in [0.29, 0.717) is 22.6 Å². The average molecular weight is 509 g/mol. The van der Waals surface area contributed by atoms with Crippen molar-refractivity contribution in [3.05, 3.63) is 54.4 Å². The van der Waals surface area contributed by atoms with Crippen LogP contribution in [0.1, 0.15) is 56.9 Å². The number of carbonyl (C=O) groups is 3. The summed E-state index contributed by atoms with van der Waals surface area (Å²) in [5.74, 6) is 0.322. The van der Waals surface area contributed by atoms with Gasteiger partial charge in [0.05, 0.1) is 36.6 Å². The fourth-order valence-corrected chi connectivity index (χ4v) is 6.40. The van der Waals surface area contributed by atoms with Crippen LogP contribution < -0.4 is 10.4 Å². The molecule has 1 N–H and O–H groups in total. The van der Waals surface area contributed by atoms with Crippen LogP contribution in [0.15, 0.2) is 48.8 Å². The van der Waals surface area contributed by atoms with E-state index in [1.165, 1.54) is 12.8 Å². The number of aromatic nitrogens is 2. The van der Waals surface area contributed by atoms with E-state index in [1.54, 1.807) is 18.5 Å². The minimum Gasteiger partial charge on any atom is -0.554 e. The van der Waals surface area contributed by atoms with E-state index in [0.717, 1.165) is 63.7 Å². The van der Waals surface area contributed by atoms with Gasteiger partial charge in [-0.05, 0) is 24.5 Å². The number of piperidine rings is 3. The van der Waals surface area contributed by atoms with E-state index in [-0.39, 0.29) is 18.0 Å². The third-order valence-electron chi connectivity index (χ3n) is 8.32. The number of ether oxygens (including phenoxy) is 1. The normalized spacial score (nSPS) is 26.1. The molecule has 0 spiro atoms. The highest BCUT2D eigenvalue weighted by Gasteiger charge is 2.51. The summed E-state index contributed by atoms with van der Waals surface area (Å²) in [7, 11) is 0. The van der Waals surface area contributed by atoms with Gasteiger partial charge in [0.1, 0.15) is 6.54 Å². The monoisotopic (exact) mass is 508 g/mol. The largest absolute Gasteiger partial charge is 0.554 e. The van der Waals surface area contributed by atoms with E-state index in [1.807, 2.05) is 18.2 Å². The van der Waals surface area contributed by atoms with Crippen LogP contribution >= 0.6 is 0 Å². The van der Waals surface area contributed by atoms with Crippen molar-refractivity contribution in [3.8, 4) is 0 Å². The molecule has 9 nitrogen and oxygen atoms in total. The maximum atomic E-state index is 13.9. The van der Waals surface area contributed by atoms with E-state index in [4.69, 9.17) is 14.6 Å². The molecule has 1 aromatic carbocycles. The van der Waals surface area contributed by atoms with Crippen molar-refractivity contribution in [2.45, 2.75) is 62.9 Å². The van der Waals surface area contributed by atoms with Gasteiger partial charge in [0.25, 0.3) is 5.91 Å². The predicted molar refractivity (Wildman–Crippen MR) is 135 cm³/mol. The number of rotatable bonds is 6. The number of esters is 1. The molecule has 4 fully saturated rings. The van der Waals surface area contributed by atoms with Crippen LogP contribution in [0, 0.1) is 5.92 Å². The highest BCUT2D eigenvalue weighted by atomic mass is 16.5. The molecule has 9 heteroatoms. The zero-order chi connectivity index (χ0) is 26.1. The van der Waals surface area contributed by atoms with Crippen LogP contribution in [-0.4, -0.2) is 65.3 Å². The summed E-state index contributed by atoms with van der Waals surface area (Å²) in [4.78, 5) is 34.9. The summed E-state index contributed by atoms with van der Waals surface area (Å²) in [5, 5.41) is 18.8. The van der Waals surface area contributed by atoms with Crippen LogP contribution in [-0.2, 0) is 24.5 Å². The van der Waals surface area contributed by atoms with E-state index in [2.05, 4.69) is 27.6 Å². The van der Waals surface area contributed by atoms with Crippen molar-refractivity contribution in [1.29, 1.82) is 0 Å². The summed E-state index contributed by atoms with van der Waals surface area (Å²) >= 11 is 0. The van der Waals surface area contributed by atoms with Crippen molar-refractivity contribution in [3.63, 3.8) is 0 Å². The Bertz CT molecular complexity index is 1030. The second-order valence-electron chi connectivity index (χ2n) is 10.5. The van der Waals surface area contributed by atoms with Crippen LogP contribution in [0.2, 0.25) is 0 Å². The molecular formula is C28H36N4O5. The summed E-state index contributed by atoms with van der Waals surface area (Å²) in [6.07, 6.45) is 11.2. The fraction of sp³-hybridized carbons (Fsp3) is 0.536. The first-order valence-corrected chi connectivity index (χ1v) is 13.2. The van der Waals surface area contributed by atoms with Gasteiger partial charge >= 0.3 is 5.97 Å². The maximum absolute atomic E-state index is 13.9. The SMILES string of the molecule is O=C(C[N+]12CCC(CC1)[C@@H](OC(=O)C1(c3ccccc3)CCCCCC1)C2)Nc1ccnnc1.O=C[O-]. The Balaban J connectivity index is 0.00000102. The van der Waals surface area contributed by atoms with Crippen LogP contribution in [0.3, 0.4) is 0 Å². The number of amides is 1. The third-order valence-corrected chi connectivity index (χ3v) is 8.32. The lowest BCUT2D eigenvalue weighted by atomic mass is 9.74. The Labute approximate surface area is 217 Å². The number of carbonyl (C=O) groups excluding carboxylic acids is 3. The first-order chi connectivity index (χ1) is 18.0. The molecule has 4 aliphatic rings. The smallest absolute Gasteiger partial charge is 0.317 e. The van der Waals surface area contributed by atoms with Crippen molar-refractivity contribution in [1.82, 2.24) is 10.2 Å². The van der Waals surface area contributed by atoms with Crippen molar-refractivity contribution < 1.29 is 28.7 Å². The van der Waals surface area contributed by atoms with Gasteiger partial charge < -0.3 is 24.4 Å². The lowest BCUT2D eigenvalue weighted by Crippen LogP contribution is -2.66. The minimum absolute atomic E-state index is 0.0250. The molecule has 0 unspecified atom stereocenters. The molecule has 198 valence electrons. The molecule has 1 aromatic heterocycles. The summed E-state index contributed by atoms with van der Waals surface area (Å²) in [5.41, 5.74) is 1.21. The van der Waals surface area contributed by atoms with Crippen molar-refractivity contribution >= 4 is 24.0 Å². The predicted octanol–water partition coefficient (Wildman–Crippen LogP) is 2.23. The fourth-order valence-electron chi connectivity index (χ4n) is 6.40. The maximum Gasteiger partial charge on any atom is 0.317 e. The number of benzene rings is 1. The van der Waals surface area contributed by atoms with Gasteiger partial charge in [-0.25, -0.2) is 0 Å². The number of nitrogens with zero attached hydrogens (tertiary/aromatic N) is 3. The molecule has 6 rings (SSSR count). The molecule has 1 amide bonds. The standard InChI is InChI=1S/C27H34N4O3.CH2O2/c32-25(30-23-10-15-28-29-18-23)20-31-16-11-21(12-17-31)24(19-31)34-26(33)27(13-6-1-2-7-14-27)22-8-4-3-5-9-22;2-1-3/h3-5,8-10,15,18,21,24H,1-2,6-7,11-14,16-17,19-20H2;1H,(H,2,3)/t21?,24-,31?;/m0./s1. The highest BCUT2D eigenvalue weighted by Crippen LogP contribution is 2.42. The Morgan fingerprint density at radius 1 is 1.05 bits per heavy atom. The van der Waals surface area contributed by atoms with E-state index >= 15 is 0 Å². The van der Waals surface area contributed by atoms with Gasteiger partial charge in [0.2, 0.25) is 0 Å². The molecule has 4 heterocycles. The molecule has 3 saturated heterocycles. The molecule has 1 atom stereocenters. The topological polar surface area (TPSA) is 121 Å². The molecule has 2 bridgehead atoms. The molecule has 1 saturated carbocycles. The molecular weight excluding hydrogens is 472 g/mol. The number of quaternary nitrogens is 1. The van der Waals surface area contributed by atoms with Gasteiger partial charge in [0, 0.05) is 25.2 Å². The minimum atomic E-state index is -0.541. The quantitative estimate of drug-likeness (QED) is 0.275. The van der Waals surface area contributed by atoms with Gasteiger partial charge in [-0.3, -0.25) is 9.59 Å². The Hall–Kier alpha value is -3.33. The first-order valence-electron chi connectivity index (χ1n) is 13.2. The second-order valence-corrected chi connectivity index (χ2v) is 10.5. The summed E-state index contributed by atoms with van der Waals surface area (Å²) in [6.45, 7) is 2.55. The zero-order valence-electron chi connectivity index (χ0n) is 21.2. The van der Waals surface area contributed by atoms with Crippen molar-refractivity contribution in [2.24, 2.45) is 5.92 Å². The lowest BCUT2D eigenvalue weighted by molar-refractivity contribution is -0.939. The molecule has 0 radical (unpaired) electrons. The number of fused-ring (bicyclic) bond motifs is 3. The summed E-state index contributed by atoms with van der Waals surface area (Å²) in [6, 6.07) is 12.0. The second kappa shape index (κ2) is 12.3. The molecule has 1 aliphatic carbocycles. The molecule has 37 heavy (non-hydrogen) atoms. The van der Waals surface area contributed by atoms with Crippen LogP contribution in [0.4, 0.5) is 5.69 Å². The number of anilines is 1. The van der Waals surface area contributed by atoms with Gasteiger partial charge in [-0.1, -0.05) is 56.0 Å². The number of nitrogens with one attached hydrogen (secondary N) is 1. The number of hydrogen-bond donors (Lipinski definition) is 1. The molecule has 3 aliphatic heterocycles. The number of hydrogen-bond acceptors (Lipinski definition) is 7. The Kier molecular flexibility index (Phi) is 8.87. The van der Waals surface area contributed by atoms with Crippen LogP contribution in [0.25, 0.3) is 0 Å². The first kappa shape index (κ1) is 26.7.